The summed E-state index contributed by atoms with van der Waals surface area (Å²) in [5.41, 5.74) is 0.280. The van der Waals surface area contributed by atoms with E-state index in [0.29, 0.717) is 6.54 Å². The minimum Gasteiger partial charge on any atom is -0.310 e. The Morgan fingerprint density at radius 2 is 1.94 bits per heavy atom. The number of hydrogen-bond acceptors (Lipinski definition) is 7. The van der Waals surface area contributed by atoms with Crippen LogP contribution in [0.2, 0.25) is 0 Å². The average Bonchev–Trinajstić information content (AvgIpc) is 3.32. The van der Waals surface area contributed by atoms with E-state index in [4.69, 9.17) is 0 Å². The van der Waals surface area contributed by atoms with Crippen molar-refractivity contribution >= 4 is 31.0 Å². The molecule has 1 N–H and O–H groups in total. The largest absolute Gasteiger partial charge is 0.310 e. The monoisotopic (exact) mass is 488 g/mol. The molecule has 0 spiro atoms. The molecule has 3 rings (SSSR count). The molecule has 2 heterocycles. The Labute approximate surface area is 188 Å². The Morgan fingerprint density at radius 3 is 2.52 bits per heavy atom. The van der Waals surface area contributed by atoms with Crippen molar-refractivity contribution in [3.8, 4) is 0 Å². The molecular weight excluding hydrogens is 459 g/mol. The first kappa shape index (κ1) is 24.3. The quantitative estimate of drug-likeness (QED) is 0.547. The second kappa shape index (κ2) is 9.66. The van der Waals surface area contributed by atoms with Gasteiger partial charge >= 0.3 is 0 Å². The molecule has 1 fully saturated rings. The van der Waals surface area contributed by atoms with Crippen LogP contribution in [-0.2, 0) is 19.7 Å². The second-order valence-corrected chi connectivity index (χ2v) is 13.1. The maximum Gasteiger partial charge on any atom is 0.184 e. The van der Waals surface area contributed by atoms with Gasteiger partial charge in [0.2, 0.25) is 0 Å². The van der Waals surface area contributed by atoms with Crippen LogP contribution >= 0.6 is 11.3 Å². The van der Waals surface area contributed by atoms with E-state index in [1.54, 1.807) is 11.3 Å². The molecule has 0 aliphatic carbocycles. The lowest BCUT2D eigenvalue weighted by atomic mass is 10.1. The normalized spacial score (nSPS) is 22.1. The minimum atomic E-state index is -3.96. The molecule has 31 heavy (non-hydrogen) atoms. The molecular formula is C21H29FN2O4S3. The maximum atomic E-state index is 13.5. The predicted octanol–water partition coefficient (Wildman–Crippen LogP) is 2.81. The van der Waals surface area contributed by atoms with E-state index in [9.17, 15) is 21.2 Å². The molecule has 1 unspecified atom stereocenters. The predicted molar refractivity (Wildman–Crippen MR) is 123 cm³/mol. The van der Waals surface area contributed by atoms with Gasteiger partial charge in [-0.2, -0.15) is 0 Å². The molecule has 172 valence electrons. The Hall–Kier alpha value is -1.33. The number of hydrogen-bond donors (Lipinski definition) is 1. The van der Waals surface area contributed by atoms with Gasteiger partial charge < -0.3 is 5.32 Å². The molecule has 1 aromatic carbocycles. The summed E-state index contributed by atoms with van der Waals surface area (Å²) in [4.78, 5) is 3.39. The maximum absolute atomic E-state index is 13.5. The smallest absolute Gasteiger partial charge is 0.184 e. The third-order valence-electron chi connectivity index (χ3n) is 5.84. The molecule has 3 atom stereocenters. The molecule has 1 saturated heterocycles. The molecule has 1 aliphatic rings. The van der Waals surface area contributed by atoms with Crippen molar-refractivity contribution in [2.24, 2.45) is 0 Å². The number of rotatable bonds is 9. The summed E-state index contributed by atoms with van der Waals surface area (Å²) >= 11 is 1.63. The van der Waals surface area contributed by atoms with E-state index in [0.717, 1.165) is 30.1 Å². The van der Waals surface area contributed by atoms with Crippen LogP contribution in [0.5, 0.6) is 0 Å². The molecule has 0 radical (unpaired) electrons. The highest BCUT2D eigenvalue weighted by Crippen LogP contribution is 2.30. The van der Waals surface area contributed by atoms with Crippen LogP contribution < -0.4 is 5.32 Å². The highest BCUT2D eigenvalue weighted by Gasteiger charge is 2.46. The lowest BCUT2D eigenvalue weighted by molar-refractivity contribution is 0.212. The summed E-state index contributed by atoms with van der Waals surface area (Å²) in [6.45, 7) is 7.73. The Kier molecular flexibility index (Phi) is 7.58. The summed E-state index contributed by atoms with van der Waals surface area (Å²) in [5, 5.41) is 4.15. The summed E-state index contributed by atoms with van der Waals surface area (Å²) < 4.78 is 65.0. The minimum absolute atomic E-state index is 0.0126. The highest BCUT2D eigenvalue weighted by atomic mass is 32.2. The van der Waals surface area contributed by atoms with Gasteiger partial charge in [-0.3, -0.25) is 4.90 Å². The van der Waals surface area contributed by atoms with Crippen molar-refractivity contribution in [2.75, 3.05) is 31.1 Å². The Morgan fingerprint density at radius 1 is 1.23 bits per heavy atom. The first-order valence-corrected chi connectivity index (χ1v) is 14.5. The van der Waals surface area contributed by atoms with Crippen molar-refractivity contribution in [2.45, 2.75) is 43.0 Å². The summed E-state index contributed by atoms with van der Waals surface area (Å²) in [7, 11) is -7.48. The zero-order chi connectivity index (χ0) is 22.8. The van der Waals surface area contributed by atoms with Gasteiger partial charge in [0.15, 0.2) is 19.7 Å². The highest BCUT2D eigenvalue weighted by molar-refractivity contribution is 7.96. The molecule has 1 aromatic heterocycles. The van der Waals surface area contributed by atoms with E-state index in [2.05, 4.69) is 24.1 Å². The third-order valence-corrected chi connectivity index (χ3v) is 11.1. The van der Waals surface area contributed by atoms with Crippen LogP contribution in [0.15, 0.2) is 40.6 Å². The standard InChI is InChI=1S/C21H29FN2O4S3/c1-4-24(5-2)18(19-7-6-10-29-19)12-23-17-13-30(25,26)14-21(17)31(27,28)20-9-8-16(22)11-15(20)3/h6-11,17-18,21,23H,4-5,12-14H2,1-3H3/t17-,18?,21-/m0/s1. The van der Waals surface area contributed by atoms with Gasteiger partial charge in [0.1, 0.15) is 5.82 Å². The topological polar surface area (TPSA) is 83.6 Å². The van der Waals surface area contributed by atoms with Crippen molar-refractivity contribution < 1.29 is 21.2 Å². The SMILES string of the molecule is CCN(CC)C(CN[C@H]1CS(=O)(=O)C[C@@H]1S(=O)(=O)c1ccc(F)cc1C)c1cccs1. The van der Waals surface area contributed by atoms with E-state index in [-0.39, 0.29) is 22.3 Å². The number of nitrogens with one attached hydrogen (secondary N) is 1. The lowest BCUT2D eigenvalue weighted by Crippen LogP contribution is -2.47. The number of sulfone groups is 2. The van der Waals surface area contributed by atoms with Crippen LogP contribution in [0.4, 0.5) is 4.39 Å². The van der Waals surface area contributed by atoms with Crippen molar-refractivity contribution in [3.05, 3.63) is 52.0 Å². The molecule has 0 saturated carbocycles. The van der Waals surface area contributed by atoms with E-state index in [1.165, 1.54) is 13.0 Å². The van der Waals surface area contributed by atoms with Gasteiger partial charge in [-0.15, -0.1) is 11.3 Å². The van der Waals surface area contributed by atoms with Crippen LogP contribution in [0.3, 0.4) is 0 Å². The average molecular weight is 489 g/mol. The number of nitrogens with zero attached hydrogens (tertiary/aromatic N) is 1. The fraction of sp³-hybridized carbons (Fsp3) is 0.524. The van der Waals surface area contributed by atoms with E-state index >= 15 is 0 Å². The van der Waals surface area contributed by atoms with Crippen molar-refractivity contribution in [1.29, 1.82) is 0 Å². The summed E-state index contributed by atoms with van der Waals surface area (Å²) in [6.07, 6.45) is 0. The van der Waals surface area contributed by atoms with E-state index in [1.807, 2.05) is 17.5 Å². The van der Waals surface area contributed by atoms with Gasteiger partial charge in [0.05, 0.1) is 27.7 Å². The number of halogens is 1. The first-order valence-electron chi connectivity index (χ1n) is 10.3. The fourth-order valence-electron chi connectivity index (χ4n) is 4.22. The molecule has 10 heteroatoms. The number of aryl methyl sites for hydroxylation is 1. The number of benzene rings is 1. The fourth-order valence-corrected chi connectivity index (χ4v) is 10.0. The molecule has 0 amide bonds. The molecule has 0 bridgehead atoms. The summed E-state index contributed by atoms with van der Waals surface area (Å²) in [5.74, 6) is -1.19. The zero-order valence-electron chi connectivity index (χ0n) is 17.9. The summed E-state index contributed by atoms with van der Waals surface area (Å²) in [6, 6.07) is 6.79. The molecule has 2 aromatic rings. The van der Waals surface area contributed by atoms with Gasteiger partial charge in [-0.05, 0) is 55.2 Å². The Bertz CT molecular complexity index is 1100. The second-order valence-electron chi connectivity index (χ2n) is 7.84. The Balaban J connectivity index is 1.88. The van der Waals surface area contributed by atoms with Gasteiger partial charge in [0.25, 0.3) is 0 Å². The first-order chi connectivity index (χ1) is 14.6. The van der Waals surface area contributed by atoms with Gasteiger partial charge in [-0.1, -0.05) is 19.9 Å². The van der Waals surface area contributed by atoms with Gasteiger partial charge in [-0.25, -0.2) is 21.2 Å². The van der Waals surface area contributed by atoms with Crippen LogP contribution in [-0.4, -0.2) is 64.2 Å². The van der Waals surface area contributed by atoms with Crippen molar-refractivity contribution in [1.82, 2.24) is 10.2 Å². The van der Waals surface area contributed by atoms with Crippen molar-refractivity contribution in [3.63, 3.8) is 0 Å². The third kappa shape index (κ3) is 5.36. The van der Waals surface area contributed by atoms with Crippen LogP contribution in [0.25, 0.3) is 0 Å². The lowest BCUT2D eigenvalue weighted by Gasteiger charge is -2.31. The van der Waals surface area contributed by atoms with Crippen LogP contribution in [0, 0.1) is 12.7 Å². The van der Waals surface area contributed by atoms with E-state index < -0.39 is 42.5 Å². The molecule has 1 aliphatic heterocycles. The van der Waals surface area contributed by atoms with Crippen LogP contribution in [0.1, 0.15) is 30.3 Å². The zero-order valence-corrected chi connectivity index (χ0v) is 20.4. The number of thiophene rings is 1. The molecule has 6 nitrogen and oxygen atoms in total. The van der Waals surface area contributed by atoms with Gasteiger partial charge in [0, 0.05) is 17.5 Å². The number of likely N-dealkylation sites (N-methyl/N-ethyl adjacent to an activating group) is 1.